The molecule has 128 valence electrons. The molecule has 0 spiro atoms. The first-order valence-electron chi connectivity index (χ1n) is 7.17. The first-order chi connectivity index (χ1) is 9.54. The predicted octanol–water partition coefficient (Wildman–Crippen LogP) is 4.54. The van der Waals surface area contributed by atoms with Crippen molar-refractivity contribution in [1.82, 2.24) is 10.2 Å². The minimum atomic E-state index is 0. The lowest BCUT2D eigenvalue weighted by Gasteiger charge is -2.39. The molecule has 1 aliphatic heterocycles. The summed E-state index contributed by atoms with van der Waals surface area (Å²) in [6.07, 6.45) is 1.03. The van der Waals surface area contributed by atoms with E-state index < -0.39 is 0 Å². The summed E-state index contributed by atoms with van der Waals surface area (Å²) >= 11 is 12.3. The number of hydrogen-bond acceptors (Lipinski definition) is 3. The van der Waals surface area contributed by atoms with E-state index in [-0.39, 0.29) is 36.6 Å². The van der Waals surface area contributed by atoms with Gasteiger partial charge in [0.15, 0.2) is 0 Å². The van der Waals surface area contributed by atoms with Crippen molar-refractivity contribution in [2.45, 2.75) is 26.3 Å². The average Bonchev–Trinajstić information content (AvgIpc) is 2.42. The van der Waals surface area contributed by atoms with E-state index in [1.807, 2.05) is 0 Å². The Morgan fingerprint density at radius 1 is 1.23 bits per heavy atom. The van der Waals surface area contributed by atoms with E-state index in [1.165, 1.54) is 0 Å². The molecule has 0 radical (unpaired) electrons. The second-order valence-electron chi connectivity index (χ2n) is 5.44. The third kappa shape index (κ3) is 5.05. The molecule has 0 aromatic heterocycles. The minimum absolute atomic E-state index is 0. The van der Waals surface area contributed by atoms with E-state index >= 15 is 0 Å². The highest BCUT2D eigenvalue weighted by Crippen LogP contribution is 2.41. The molecule has 1 fully saturated rings. The van der Waals surface area contributed by atoms with Crippen LogP contribution in [0.5, 0.6) is 5.75 Å². The van der Waals surface area contributed by atoms with Crippen molar-refractivity contribution in [1.29, 1.82) is 0 Å². The fraction of sp³-hybridized carbons (Fsp3) is 0.600. The number of hydrogen-bond donors (Lipinski definition) is 2. The molecule has 1 aromatic rings. The maximum absolute atomic E-state index is 10.3. The topological polar surface area (TPSA) is 35.5 Å². The van der Waals surface area contributed by atoms with Crippen LogP contribution in [-0.2, 0) is 0 Å². The van der Waals surface area contributed by atoms with Crippen molar-refractivity contribution in [3.63, 3.8) is 0 Å². The maximum Gasteiger partial charge on any atom is 0.123 e. The van der Waals surface area contributed by atoms with Crippen LogP contribution in [0.1, 0.15) is 31.9 Å². The summed E-state index contributed by atoms with van der Waals surface area (Å²) in [5.74, 6) is 0.615. The molecule has 7 heteroatoms. The molecule has 1 unspecified atom stereocenters. The lowest BCUT2D eigenvalue weighted by Crippen LogP contribution is -2.46. The zero-order chi connectivity index (χ0) is 14.7. The summed E-state index contributed by atoms with van der Waals surface area (Å²) < 4.78 is 0. The van der Waals surface area contributed by atoms with Gasteiger partial charge in [-0.1, -0.05) is 43.5 Å². The Hall–Kier alpha value is 0.1000. The number of nitrogens with zero attached hydrogens (tertiary/aromatic N) is 1. The molecule has 0 saturated carbocycles. The summed E-state index contributed by atoms with van der Waals surface area (Å²) in [6.45, 7) is 8.25. The van der Waals surface area contributed by atoms with Crippen molar-refractivity contribution >= 4 is 48.0 Å². The highest BCUT2D eigenvalue weighted by Gasteiger charge is 2.30. The lowest BCUT2D eigenvalue weighted by molar-refractivity contribution is 0.126. The Morgan fingerprint density at radius 3 is 2.32 bits per heavy atom. The van der Waals surface area contributed by atoms with Gasteiger partial charge in [0.25, 0.3) is 0 Å². The molecule has 0 bridgehead atoms. The summed E-state index contributed by atoms with van der Waals surface area (Å²) in [5, 5.41) is 14.7. The van der Waals surface area contributed by atoms with E-state index in [0.29, 0.717) is 16.0 Å². The average molecular weight is 390 g/mol. The van der Waals surface area contributed by atoms with Crippen molar-refractivity contribution in [2.24, 2.45) is 5.92 Å². The molecule has 2 rings (SSSR count). The van der Waals surface area contributed by atoms with Gasteiger partial charge >= 0.3 is 0 Å². The molecule has 1 aliphatic rings. The van der Waals surface area contributed by atoms with Crippen molar-refractivity contribution in [3.05, 3.63) is 27.7 Å². The largest absolute Gasteiger partial charge is 0.508 e. The number of piperazine rings is 1. The third-order valence-corrected chi connectivity index (χ3v) is 4.63. The van der Waals surface area contributed by atoms with E-state index in [2.05, 4.69) is 24.1 Å². The van der Waals surface area contributed by atoms with Crippen molar-refractivity contribution in [3.8, 4) is 5.75 Å². The van der Waals surface area contributed by atoms with Gasteiger partial charge < -0.3 is 10.4 Å². The zero-order valence-electron chi connectivity index (χ0n) is 12.8. The van der Waals surface area contributed by atoms with Crippen LogP contribution in [-0.4, -0.2) is 36.2 Å². The van der Waals surface area contributed by atoms with Crippen LogP contribution in [0.2, 0.25) is 10.0 Å². The van der Waals surface area contributed by atoms with Crippen LogP contribution < -0.4 is 5.32 Å². The second kappa shape index (κ2) is 10.1. The molecule has 0 aliphatic carbocycles. The fourth-order valence-corrected chi connectivity index (χ4v) is 3.47. The van der Waals surface area contributed by atoms with Gasteiger partial charge in [-0.05, 0) is 18.1 Å². The van der Waals surface area contributed by atoms with E-state index in [0.717, 1.165) is 38.2 Å². The number of phenols is 1. The highest BCUT2D eigenvalue weighted by molar-refractivity contribution is 6.35. The normalized spacial score (nSPS) is 18.0. The standard InChI is InChI=1S/C15H22Cl2N2O.2ClH/c1-3-10(2)15(19-6-4-18-5-7-19)14-12(17)8-11(16)9-13(14)20;;/h8-10,15,18,20H,3-7H2,1-2H3;2*1H/t10?,15-;;/m1../s1. The number of benzene rings is 1. The van der Waals surface area contributed by atoms with Gasteiger partial charge in [-0.15, -0.1) is 24.8 Å². The number of rotatable bonds is 4. The monoisotopic (exact) mass is 388 g/mol. The number of nitrogens with one attached hydrogen (secondary N) is 1. The number of halogens is 4. The molecular formula is C15H24Cl4N2O. The molecule has 22 heavy (non-hydrogen) atoms. The Morgan fingerprint density at radius 2 is 1.82 bits per heavy atom. The summed E-state index contributed by atoms with van der Waals surface area (Å²) in [7, 11) is 0. The SMILES string of the molecule is CCC(C)[C@H](c1c(O)cc(Cl)cc1Cl)N1CCNCC1.Cl.Cl. The van der Waals surface area contributed by atoms with Crippen LogP contribution >= 0.6 is 48.0 Å². The molecule has 2 atom stereocenters. The highest BCUT2D eigenvalue weighted by atomic mass is 35.5. The Labute approximate surface area is 155 Å². The van der Waals surface area contributed by atoms with Gasteiger partial charge in [0.05, 0.1) is 5.02 Å². The predicted molar refractivity (Wildman–Crippen MR) is 99.3 cm³/mol. The molecular weight excluding hydrogens is 366 g/mol. The van der Waals surface area contributed by atoms with Crippen LogP contribution in [0.15, 0.2) is 12.1 Å². The summed E-state index contributed by atoms with van der Waals surface area (Å²) in [5.41, 5.74) is 0.812. The molecule has 1 aromatic carbocycles. The number of aromatic hydroxyl groups is 1. The maximum atomic E-state index is 10.3. The smallest absolute Gasteiger partial charge is 0.123 e. The molecule has 3 nitrogen and oxygen atoms in total. The van der Waals surface area contributed by atoms with E-state index in [9.17, 15) is 5.11 Å². The van der Waals surface area contributed by atoms with Gasteiger partial charge in [0, 0.05) is 42.8 Å². The fourth-order valence-electron chi connectivity index (χ4n) is 2.87. The molecule has 1 saturated heterocycles. The van der Waals surface area contributed by atoms with Crippen LogP contribution in [0.25, 0.3) is 0 Å². The summed E-state index contributed by atoms with van der Waals surface area (Å²) in [6, 6.07) is 3.43. The summed E-state index contributed by atoms with van der Waals surface area (Å²) in [4.78, 5) is 2.40. The Bertz CT molecular complexity index is 444. The first kappa shape index (κ1) is 22.1. The third-order valence-electron chi connectivity index (χ3n) is 4.10. The second-order valence-corrected chi connectivity index (χ2v) is 6.28. The molecule has 0 amide bonds. The van der Waals surface area contributed by atoms with E-state index in [4.69, 9.17) is 23.2 Å². The number of phenolic OH excluding ortho intramolecular Hbond substituents is 1. The lowest BCUT2D eigenvalue weighted by atomic mass is 9.90. The van der Waals surface area contributed by atoms with Gasteiger partial charge in [-0.2, -0.15) is 0 Å². The minimum Gasteiger partial charge on any atom is -0.508 e. The zero-order valence-corrected chi connectivity index (χ0v) is 16.0. The van der Waals surface area contributed by atoms with Crippen molar-refractivity contribution in [2.75, 3.05) is 26.2 Å². The Balaban J connectivity index is 0.00000220. The van der Waals surface area contributed by atoms with Crippen molar-refractivity contribution < 1.29 is 5.11 Å². The van der Waals surface area contributed by atoms with Gasteiger partial charge in [-0.25, -0.2) is 0 Å². The van der Waals surface area contributed by atoms with Gasteiger partial charge in [-0.3, -0.25) is 4.90 Å². The van der Waals surface area contributed by atoms with Gasteiger partial charge in [0.1, 0.15) is 5.75 Å². The van der Waals surface area contributed by atoms with Crippen LogP contribution in [0.4, 0.5) is 0 Å². The van der Waals surface area contributed by atoms with E-state index in [1.54, 1.807) is 12.1 Å². The van der Waals surface area contributed by atoms with Crippen LogP contribution in [0, 0.1) is 5.92 Å². The quantitative estimate of drug-likeness (QED) is 0.793. The Kier molecular flexibility index (Phi) is 10.1. The molecule has 1 heterocycles. The molecule has 2 N–H and O–H groups in total. The van der Waals surface area contributed by atoms with Crippen LogP contribution in [0.3, 0.4) is 0 Å². The van der Waals surface area contributed by atoms with Gasteiger partial charge in [0.2, 0.25) is 0 Å². The first-order valence-corrected chi connectivity index (χ1v) is 7.92.